The first-order valence-corrected chi connectivity index (χ1v) is 9.70. The Kier molecular flexibility index (Phi) is 6.53. The van der Waals surface area contributed by atoms with Crippen LogP contribution in [0.5, 0.6) is 0 Å². The molecule has 0 spiro atoms. The highest BCUT2D eigenvalue weighted by Gasteiger charge is 2.17. The number of carbonyl (C=O) groups is 1. The van der Waals surface area contributed by atoms with Gasteiger partial charge in [0.15, 0.2) is 5.16 Å². The van der Waals surface area contributed by atoms with Crippen LogP contribution in [0.4, 0.5) is 5.69 Å². The number of para-hydroxylation sites is 1. The summed E-state index contributed by atoms with van der Waals surface area (Å²) in [6, 6.07) is 18.9. The number of nitriles is 1. The van der Waals surface area contributed by atoms with Gasteiger partial charge in [-0.1, -0.05) is 47.6 Å². The van der Waals surface area contributed by atoms with E-state index in [-0.39, 0.29) is 18.1 Å². The highest BCUT2D eigenvalue weighted by Crippen LogP contribution is 2.24. The molecule has 3 aromatic rings. The lowest BCUT2D eigenvalue weighted by Gasteiger charge is -2.21. The van der Waals surface area contributed by atoms with E-state index in [0.717, 1.165) is 11.4 Å². The number of anilines is 1. The van der Waals surface area contributed by atoms with E-state index in [1.54, 1.807) is 11.1 Å². The van der Waals surface area contributed by atoms with Crippen molar-refractivity contribution in [3.63, 3.8) is 0 Å². The highest BCUT2D eigenvalue weighted by molar-refractivity contribution is 7.99. The van der Waals surface area contributed by atoms with Crippen LogP contribution in [0.25, 0.3) is 5.69 Å². The average Bonchev–Trinajstić information content (AvgIpc) is 3.16. The number of halogens is 1. The molecule has 0 bridgehead atoms. The first kappa shape index (κ1) is 19.0. The average molecular weight is 397 g/mol. The summed E-state index contributed by atoms with van der Waals surface area (Å²) in [4.78, 5) is 18.8. The molecule has 0 aliphatic heterocycles. The molecular weight excluding hydrogens is 380 g/mol. The zero-order valence-corrected chi connectivity index (χ0v) is 16.0. The van der Waals surface area contributed by atoms with Crippen molar-refractivity contribution in [1.82, 2.24) is 9.55 Å². The number of hydrogen-bond acceptors (Lipinski definition) is 4. The maximum atomic E-state index is 12.8. The molecule has 0 N–H and O–H groups in total. The normalized spacial score (nSPS) is 10.4. The van der Waals surface area contributed by atoms with Crippen LogP contribution in [0.15, 0.2) is 72.1 Å². The molecule has 0 unspecified atom stereocenters. The molecule has 0 atom stereocenters. The number of nitrogens with zero attached hydrogens (tertiary/aromatic N) is 4. The number of imidazole rings is 1. The zero-order valence-electron chi connectivity index (χ0n) is 14.5. The summed E-state index contributed by atoms with van der Waals surface area (Å²) in [6.45, 7) is 0.364. The SMILES string of the molecule is N#CCCN(C(=O)CSc1nccn1-c1cccc(Cl)c1)c1ccccc1. The first-order valence-electron chi connectivity index (χ1n) is 8.33. The van der Waals surface area contributed by atoms with Crippen LogP contribution in [-0.2, 0) is 4.79 Å². The smallest absolute Gasteiger partial charge is 0.237 e. The maximum Gasteiger partial charge on any atom is 0.237 e. The first-order chi connectivity index (χ1) is 13.2. The van der Waals surface area contributed by atoms with E-state index in [2.05, 4.69) is 11.1 Å². The lowest BCUT2D eigenvalue weighted by molar-refractivity contribution is -0.116. The standard InChI is InChI=1S/C20H17ClN4OS/c21-16-6-4-9-18(14-16)25-13-11-23-20(25)27-15-19(26)24(12-5-10-22)17-7-2-1-3-8-17/h1-4,6-9,11,13-14H,5,12,15H2. The van der Waals surface area contributed by atoms with Crippen LogP contribution in [0.1, 0.15) is 6.42 Å². The van der Waals surface area contributed by atoms with Crippen LogP contribution in [0.3, 0.4) is 0 Å². The largest absolute Gasteiger partial charge is 0.311 e. The minimum atomic E-state index is -0.0675. The molecule has 136 valence electrons. The van der Waals surface area contributed by atoms with Gasteiger partial charge in [-0.3, -0.25) is 9.36 Å². The summed E-state index contributed by atoms with van der Waals surface area (Å²) < 4.78 is 1.89. The molecule has 0 aliphatic carbocycles. The van der Waals surface area contributed by atoms with Crippen LogP contribution in [0, 0.1) is 11.3 Å². The number of aromatic nitrogens is 2. The summed E-state index contributed by atoms with van der Waals surface area (Å²) in [5.74, 6) is 0.153. The summed E-state index contributed by atoms with van der Waals surface area (Å²) >= 11 is 7.43. The van der Waals surface area contributed by atoms with Crippen LogP contribution in [0.2, 0.25) is 5.02 Å². The van der Waals surface area contributed by atoms with Gasteiger partial charge in [0.1, 0.15) is 0 Å². The molecule has 3 rings (SSSR count). The molecule has 7 heteroatoms. The minimum Gasteiger partial charge on any atom is -0.311 e. The maximum absolute atomic E-state index is 12.8. The Balaban J connectivity index is 1.73. The van der Waals surface area contributed by atoms with Crippen molar-refractivity contribution in [2.24, 2.45) is 0 Å². The fourth-order valence-electron chi connectivity index (χ4n) is 2.59. The van der Waals surface area contributed by atoms with E-state index in [0.29, 0.717) is 16.7 Å². The Morgan fingerprint density at radius 3 is 2.78 bits per heavy atom. The second kappa shape index (κ2) is 9.26. The van der Waals surface area contributed by atoms with Crippen molar-refractivity contribution in [3.05, 3.63) is 72.0 Å². The van der Waals surface area contributed by atoms with E-state index in [1.165, 1.54) is 11.8 Å². The van der Waals surface area contributed by atoms with Gasteiger partial charge in [-0.25, -0.2) is 4.98 Å². The third-order valence-corrected chi connectivity index (χ3v) is 5.02. The van der Waals surface area contributed by atoms with Gasteiger partial charge >= 0.3 is 0 Å². The Labute approximate surface area is 167 Å². The van der Waals surface area contributed by atoms with E-state index >= 15 is 0 Å². The second-order valence-electron chi connectivity index (χ2n) is 5.64. The molecule has 0 saturated carbocycles. The van der Waals surface area contributed by atoms with E-state index in [9.17, 15) is 4.79 Å². The van der Waals surface area contributed by atoms with Gasteiger partial charge in [0.05, 0.1) is 18.2 Å². The predicted molar refractivity (Wildman–Crippen MR) is 108 cm³/mol. The Bertz CT molecular complexity index is 952. The number of thioether (sulfide) groups is 1. The molecule has 0 fully saturated rings. The van der Waals surface area contributed by atoms with Crippen LogP contribution in [-0.4, -0.2) is 27.8 Å². The Hall–Kier alpha value is -2.75. The van der Waals surface area contributed by atoms with Crippen molar-refractivity contribution < 1.29 is 4.79 Å². The van der Waals surface area contributed by atoms with Gasteiger partial charge in [-0.05, 0) is 30.3 Å². The highest BCUT2D eigenvalue weighted by atomic mass is 35.5. The predicted octanol–water partition coefficient (Wildman–Crippen LogP) is 4.56. The van der Waals surface area contributed by atoms with E-state index < -0.39 is 0 Å². The third-order valence-electron chi connectivity index (χ3n) is 3.83. The second-order valence-corrected chi connectivity index (χ2v) is 7.02. The number of amides is 1. The minimum absolute atomic E-state index is 0.0675. The van der Waals surface area contributed by atoms with Gasteiger partial charge in [0.2, 0.25) is 5.91 Å². The summed E-state index contributed by atoms with van der Waals surface area (Å²) in [6.07, 6.45) is 3.81. The molecule has 1 aromatic heterocycles. The summed E-state index contributed by atoms with van der Waals surface area (Å²) in [5, 5.41) is 10.2. The van der Waals surface area contributed by atoms with Gasteiger partial charge < -0.3 is 4.90 Å². The van der Waals surface area contributed by atoms with Crippen molar-refractivity contribution >= 4 is 35.0 Å². The molecule has 1 amide bonds. The van der Waals surface area contributed by atoms with Crippen molar-refractivity contribution in [3.8, 4) is 11.8 Å². The molecule has 2 aromatic carbocycles. The van der Waals surface area contributed by atoms with Gasteiger partial charge in [-0.2, -0.15) is 5.26 Å². The molecule has 0 radical (unpaired) electrons. The summed E-state index contributed by atoms with van der Waals surface area (Å²) in [5.41, 5.74) is 1.68. The lowest BCUT2D eigenvalue weighted by atomic mass is 10.2. The fourth-order valence-corrected chi connectivity index (χ4v) is 3.62. The van der Waals surface area contributed by atoms with Crippen molar-refractivity contribution in [2.45, 2.75) is 11.6 Å². The van der Waals surface area contributed by atoms with Gasteiger partial charge in [0, 0.05) is 35.3 Å². The van der Waals surface area contributed by atoms with Crippen LogP contribution < -0.4 is 4.90 Å². The number of hydrogen-bond donors (Lipinski definition) is 0. The van der Waals surface area contributed by atoms with Gasteiger partial charge in [-0.15, -0.1) is 0 Å². The van der Waals surface area contributed by atoms with E-state index in [1.807, 2.05) is 65.4 Å². The molecule has 0 aliphatic rings. The topological polar surface area (TPSA) is 61.9 Å². The van der Waals surface area contributed by atoms with Crippen molar-refractivity contribution in [1.29, 1.82) is 5.26 Å². The third kappa shape index (κ3) is 4.91. The quantitative estimate of drug-likeness (QED) is 0.549. The number of rotatable bonds is 7. The fraction of sp³-hybridized carbons (Fsp3) is 0.150. The molecule has 1 heterocycles. The number of carbonyl (C=O) groups excluding carboxylic acids is 1. The molecule has 5 nitrogen and oxygen atoms in total. The Morgan fingerprint density at radius 1 is 1.22 bits per heavy atom. The molecule has 27 heavy (non-hydrogen) atoms. The summed E-state index contributed by atoms with van der Waals surface area (Å²) in [7, 11) is 0. The van der Waals surface area contributed by atoms with Crippen LogP contribution >= 0.6 is 23.4 Å². The van der Waals surface area contributed by atoms with E-state index in [4.69, 9.17) is 16.9 Å². The monoisotopic (exact) mass is 396 g/mol. The molecule has 0 saturated heterocycles. The number of benzene rings is 2. The zero-order chi connectivity index (χ0) is 19.1. The molecular formula is C20H17ClN4OS. The Morgan fingerprint density at radius 2 is 2.04 bits per heavy atom. The van der Waals surface area contributed by atoms with Crippen molar-refractivity contribution in [2.75, 3.05) is 17.2 Å². The van der Waals surface area contributed by atoms with Gasteiger partial charge in [0.25, 0.3) is 0 Å². The lowest BCUT2D eigenvalue weighted by Crippen LogP contribution is -2.33.